The second-order valence-electron chi connectivity index (χ2n) is 4.74. The fraction of sp³-hybridized carbons (Fsp3) is 0.667. The topological polar surface area (TPSA) is 55.0 Å². The van der Waals surface area contributed by atoms with E-state index >= 15 is 0 Å². The van der Waals surface area contributed by atoms with Gasteiger partial charge >= 0.3 is 0 Å². The van der Waals surface area contributed by atoms with E-state index in [2.05, 4.69) is 21.9 Å². The molecule has 1 aromatic heterocycles. The maximum Gasteiger partial charge on any atom is 0.147 e. The third-order valence-electron chi connectivity index (χ3n) is 3.57. The predicted octanol–water partition coefficient (Wildman–Crippen LogP) is 1.69. The molecule has 4 nitrogen and oxygen atoms in total. The molecule has 0 aliphatic heterocycles. The molecule has 0 radical (unpaired) electrons. The lowest BCUT2D eigenvalue weighted by atomic mass is 10.0. The molecule has 0 aromatic carbocycles. The number of halogens is 1. The zero-order valence-corrected chi connectivity index (χ0v) is 10.9. The number of hydrogen-bond donors (Lipinski definition) is 1. The van der Waals surface area contributed by atoms with Crippen molar-refractivity contribution in [2.75, 3.05) is 13.6 Å². The van der Waals surface area contributed by atoms with Gasteiger partial charge in [-0.25, -0.2) is 4.98 Å². The van der Waals surface area contributed by atoms with Crippen molar-refractivity contribution in [1.29, 1.82) is 0 Å². The Morgan fingerprint density at radius 1 is 1.41 bits per heavy atom. The van der Waals surface area contributed by atoms with E-state index in [-0.39, 0.29) is 0 Å². The van der Waals surface area contributed by atoms with Gasteiger partial charge in [-0.2, -0.15) is 0 Å². The fourth-order valence-electron chi connectivity index (χ4n) is 2.67. The second kappa shape index (κ2) is 5.76. The van der Waals surface area contributed by atoms with Crippen molar-refractivity contribution in [3.63, 3.8) is 0 Å². The molecule has 2 atom stereocenters. The third-order valence-corrected chi connectivity index (χ3v) is 3.77. The highest BCUT2D eigenvalue weighted by Crippen LogP contribution is 2.29. The summed E-state index contributed by atoms with van der Waals surface area (Å²) in [5.41, 5.74) is 6.76. The number of rotatable bonds is 4. The van der Waals surface area contributed by atoms with Crippen LogP contribution in [0.5, 0.6) is 0 Å². The zero-order chi connectivity index (χ0) is 12.3. The fourth-order valence-corrected chi connectivity index (χ4v) is 2.76. The Morgan fingerprint density at radius 2 is 2.24 bits per heavy atom. The number of hydrogen-bond acceptors (Lipinski definition) is 4. The molecule has 2 rings (SSSR count). The SMILES string of the molecule is CN(Cc1cnc(Cl)cn1)C1CCCC1CN. The van der Waals surface area contributed by atoms with Crippen molar-refractivity contribution in [2.45, 2.75) is 31.8 Å². The minimum atomic E-state index is 0.442. The number of nitrogens with zero attached hydrogens (tertiary/aromatic N) is 3. The predicted molar refractivity (Wildman–Crippen MR) is 68.7 cm³/mol. The molecule has 1 aliphatic rings. The van der Waals surface area contributed by atoms with E-state index in [0.717, 1.165) is 18.8 Å². The molecule has 1 heterocycles. The van der Waals surface area contributed by atoms with Crippen LogP contribution in [0.3, 0.4) is 0 Å². The van der Waals surface area contributed by atoms with Crippen LogP contribution in [0.25, 0.3) is 0 Å². The maximum absolute atomic E-state index is 5.80. The van der Waals surface area contributed by atoms with Crippen molar-refractivity contribution < 1.29 is 0 Å². The Bertz CT molecular complexity index is 354. The summed E-state index contributed by atoms with van der Waals surface area (Å²) in [5.74, 6) is 0.625. The van der Waals surface area contributed by atoms with Gasteiger partial charge in [-0.05, 0) is 32.4 Å². The van der Waals surface area contributed by atoms with E-state index in [0.29, 0.717) is 17.1 Å². The van der Waals surface area contributed by atoms with Crippen LogP contribution in [0.15, 0.2) is 12.4 Å². The molecule has 17 heavy (non-hydrogen) atoms. The number of nitrogens with two attached hydrogens (primary N) is 1. The van der Waals surface area contributed by atoms with E-state index in [9.17, 15) is 0 Å². The summed E-state index contributed by atoms with van der Waals surface area (Å²) in [6, 6.07) is 0.581. The molecule has 0 bridgehead atoms. The summed E-state index contributed by atoms with van der Waals surface area (Å²) in [6.45, 7) is 1.59. The van der Waals surface area contributed by atoms with Crippen LogP contribution in [-0.2, 0) is 6.54 Å². The monoisotopic (exact) mass is 254 g/mol. The molecule has 0 saturated heterocycles. The first kappa shape index (κ1) is 12.7. The van der Waals surface area contributed by atoms with Crippen molar-refractivity contribution in [2.24, 2.45) is 11.7 Å². The summed E-state index contributed by atoms with van der Waals surface area (Å²) in [6.07, 6.45) is 7.10. The van der Waals surface area contributed by atoms with E-state index in [1.807, 2.05) is 0 Å². The molecule has 5 heteroatoms. The van der Waals surface area contributed by atoms with Crippen LogP contribution in [0.1, 0.15) is 25.0 Å². The van der Waals surface area contributed by atoms with Gasteiger partial charge in [-0.15, -0.1) is 0 Å². The lowest BCUT2D eigenvalue weighted by Gasteiger charge is -2.28. The van der Waals surface area contributed by atoms with Gasteiger partial charge in [0.05, 0.1) is 18.1 Å². The first-order chi connectivity index (χ1) is 8.20. The lowest BCUT2D eigenvalue weighted by molar-refractivity contribution is 0.190. The lowest BCUT2D eigenvalue weighted by Crippen LogP contribution is -2.37. The Kier molecular flexibility index (Phi) is 4.31. The summed E-state index contributed by atoms with van der Waals surface area (Å²) < 4.78 is 0. The van der Waals surface area contributed by atoms with Gasteiger partial charge in [0.1, 0.15) is 5.15 Å². The summed E-state index contributed by atoms with van der Waals surface area (Å²) in [5, 5.41) is 0.442. The molecule has 94 valence electrons. The molecule has 1 fully saturated rings. The van der Waals surface area contributed by atoms with Crippen molar-refractivity contribution in [3.8, 4) is 0 Å². The summed E-state index contributed by atoms with van der Waals surface area (Å²) >= 11 is 5.72. The highest BCUT2D eigenvalue weighted by Gasteiger charge is 2.29. The maximum atomic E-state index is 5.80. The molecule has 2 N–H and O–H groups in total. The first-order valence-electron chi connectivity index (χ1n) is 6.07. The minimum Gasteiger partial charge on any atom is -0.330 e. The molecular formula is C12H19ClN4. The van der Waals surface area contributed by atoms with Crippen molar-refractivity contribution >= 4 is 11.6 Å². The Morgan fingerprint density at radius 3 is 2.88 bits per heavy atom. The van der Waals surface area contributed by atoms with Gasteiger partial charge in [0.2, 0.25) is 0 Å². The van der Waals surface area contributed by atoms with Gasteiger partial charge in [-0.1, -0.05) is 18.0 Å². The van der Waals surface area contributed by atoms with Crippen LogP contribution in [0.2, 0.25) is 5.15 Å². The van der Waals surface area contributed by atoms with Crippen LogP contribution in [0, 0.1) is 5.92 Å². The van der Waals surface area contributed by atoms with Gasteiger partial charge in [0.15, 0.2) is 0 Å². The van der Waals surface area contributed by atoms with Crippen LogP contribution < -0.4 is 5.73 Å². The van der Waals surface area contributed by atoms with Gasteiger partial charge in [-0.3, -0.25) is 9.88 Å². The van der Waals surface area contributed by atoms with E-state index in [4.69, 9.17) is 17.3 Å². The van der Waals surface area contributed by atoms with E-state index in [1.165, 1.54) is 19.3 Å². The third kappa shape index (κ3) is 3.15. The van der Waals surface area contributed by atoms with Crippen LogP contribution in [-0.4, -0.2) is 34.5 Å². The average molecular weight is 255 g/mol. The molecule has 0 amide bonds. The Hall–Kier alpha value is -0.710. The molecular weight excluding hydrogens is 236 g/mol. The summed E-state index contributed by atoms with van der Waals surface area (Å²) in [4.78, 5) is 10.7. The van der Waals surface area contributed by atoms with Gasteiger partial charge < -0.3 is 5.73 Å². The first-order valence-corrected chi connectivity index (χ1v) is 6.45. The smallest absolute Gasteiger partial charge is 0.147 e. The average Bonchev–Trinajstić information content (AvgIpc) is 2.80. The second-order valence-corrected chi connectivity index (χ2v) is 5.13. The van der Waals surface area contributed by atoms with E-state index < -0.39 is 0 Å². The van der Waals surface area contributed by atoms with Crippen LogP contribution in [0.4, 0.5) is 0 Å². The highest BCUT2D eigenvalue weighted by atomic mass is 35.5. The van der Waals surface area contributed by atoms with Gasteiger partial charge in [0.25, 0.3) is 0 Å². The molecule has 0 spiro atoms. The largest absolute Gasteiger partial charge is 0.330 e. The quantitative estimate of drug-likeness (QED) is 0.889. The Labute approximate surface area is 107 Å². The molecule has 1 aromatic rings. The van der Waals surface area contributed by atoms with Gasteiger partial charge in [0, 0.05) is 12.6 Å². The molecule has 1 aliphatic carbocycles. The van der Waals surface area contributed by atoms with E-state index in [1.54, 1.807) is 12.4 Å². The Balaban J connectivity index is 1.96. The summed E-state index contributed by atoms with van der Waals surface area (Å²) in [7, 11) is 2.13. The highest BCUT2D eigenvalue weighted by molar-refractivity contribution is 6.29. The van der Waals surface area contributed by atoms with Crippen molar-refractivity contribution in [3.05, 3.63) is 23.2 Å². The number of aromatic nitrogens is 2. The standard InChI is InChI=1S/C12H19ClN4/c1-17(11-4-2-3-9(11)5-14)8-10-6-16-12(13)7-15-10/h6-7,9,11H,2-5,8,14H2,1H3. The normalized spacial score (nSPS) is 24.5. The van der Waals surface area contributed by atoms with Crippen molar-refractivity contribution in [1.82, 2.24) is 14.9 Å². The molecule has 2 unspecified atom stereocenters. The molecule has 1 saturated carbocycles. The minimum absolute atomic E-state index is 0.442. The zero-order valence-electron chi connectivity index (χ0n) is 10.1. The van der Waals surface area contributed by atoms with Crippen LogP contribution >= 0.6 is 11.6 Å².